The first-order valence-electron chi connectivity index (χ1n) is 5.67. The Kier molecular flexibility index (Phi) is 4.31. The van der Waals surface area contributed by atoms with Crippen LogP contribution in [0.25, 0.3) is 5.57 Å². The number of methoxy groups -OCH3 is 1. The summed E-state index contributed by atoms with van der Waals surface area (Å²) in [6.07, 6.45) is 3.10. The van der Waals surface area contributed by atoms with Crippen LogP contribution in [0.5, 0.6) is 0 Å². The highest BCUT2D eigenvalue weighted by Crippen LogP contribution is 2.23. The molecule has 0 unspecified atom stereocenters. The minimum Gasteiger partial charge on any atom is -0.466 e. The van der Waals surface area contributed by atoms with E-state index in [1.54, 1.807) is 18.3 Å². The molecule has 4 heteroatoms. The third kappa shape index (κ3) is 3.42. The van der Waals surface area contributed by atoms with E-state index in [9.17, 15) is 4.79 Å². The fraction of sp³-hybridized carbons (Fsp3) is 0.0667. The summed E-state index contributed by atoms with van der Waals surface area (Å²) >= 11 is 5.87. The maximum absolute atomic E-state index is 11.5. The number of esters is 1. The molecule has 1 heterocycles. The van der Waals surface area contributed by atoms with Crippen molar-refractivity contribution in [2.75, 3.05) is 7.11 Å². The molecule has 0 radical (unpaired) electrons. The molecule has 0 saturated heterocycles. The Bertz CT molecular complexity index is 591. The number of carbonyl (C=O) groups excluding carboxylic acids is 1. The van der Waals surface area contributed by atoms with Crippen molar-refractivity contribution in [3.05, 3.63) is 71.0 Å². The fourth-order valence-electron chi connectivity index (χ4n) is 1.63. The second-order valence-corrected chi connectivity index (χ2v) is 4.24. The van der Waals surface area contributed by atoms with E-state index in [1.807, 2.05) is 30.3 Å². The summed E-state index contributed by atoms with van der Waals surface area (Å²) in [7, 11) is 1.34. The van der Waals surface area contributed by atoms with Crippen LogP contribution in [0.4, 0.5) is 0 Å². The number of aromatic nitrogens is 1. The van der Waals surface area contributed by atoms with E-state index >= 15 is 0 Å². The maximum Gasteiger partial charge on any atom is 0.331 e. The molecule has 0 aliphatic carbocycles. The van der Waals surface area contributed by atoms with Gasteiger partial charge in [-0.25, -0.2) is 4.79 Å². The number of carbonyl (C=O) groups is 1. The molecule has 0 aliphatic rings. The topological polar surface area (TPSA) is 39.2 Å². The molecule has 0 atom stereocenters. The highest BCUT2D eigenvalue weighted by molar-refractivity contribution is 6.30. The van der Waals surface area contributed by atoms with E-state index in [0.717, 1.165) is 5.56 Å². The van der Waals surface area contributed by atoms with Crippen molar-refractivity contribution < 1.29 is 9.53 Å². The SMILES string of the molecule is COC(=O)/C=C(\c1ccc(Cl)cc1)c1ccccn1. The molecular formula is C15H12ClNO2. The normalized spacial score (nSPS) is 11.2. The van der Waals surface area contributed by atoms with Gasteiger partial charge in [-0.15, -0.1) is 0 Å². The molecule has 0 amide bonds. The standard InChI is InChI=1S/C15H12ClNO2/c1-19-15(18)10-13(14-4-2-3-9-17-14)11-5-7-12(16)8-6-11/h2-10H,1H3/b13-10+. The molecule has 2 rings (SSSR count). The van der Waals surface area contributed by atoms with Gasteiger partial charge in [0.15, 0.2) is 0 Å². The van der Waals surface area contributed by atoms with Gasteiger partial charge in [-0.05, 0) is 29.8 Å². The molecule has 96 valence electrons. The Hall–Kier alpha value is -2.13. The first kappa shape index (κ1) is 13.3. The Morgan fingerprint density at radius 1 is 1.21 bits per heavy atom. The highest BCUT2D eigenvalue weighted by Gasteiger charge is 2.09. The van der Waals surface area contributed by atoms with Gasteiger partial charge in [0.2, 0.25) is 0 Å². The monoisotopic (exact) mass is 273 g/mol. The van der Waals surface area contributed by atoms with Crippen LogP contribution in [0.1, 0.15) is 11.3 Å². The molecule has 0 fully saturated rings. The number of benzene rings is 1. The van der Waals surface area contributed by atoms with Gasteiger partial charge >= 0.3 is 5.97 Å². The van der Waals surface area contributed by atoms with E-state index < -0.39 is 5.97 Å². The van der Waals surface area contributed by atoms with Crippen LogP contribution in [-0.2, 0) is 9.53 Å². The number of nitrogens with zero attached hydrogens (tertiary/aromatic N) is 1. The fourth-order valence-corrected chi connectivity index (χ4v) is 1.76. The molecule has 19 heavy (non-hydrogen) atoms. The number of halogens is 1. The largest absolute Gasteiger partial charge is 0.466 e. The van der Waals surface area contributed by atoms with Gasteiger partial charge in [-0.1, -0.05) is 29.8 Å². The molecule has 0 aliphatic heterocycles. The van der Waals surface area contributed by atoms with Crippen LogP contribution in [0, 0.1) is 0 Å². The van der Waals surface area contributed by atoms with Gasteiger partial charge in [-0.2, -0.15) is 0 Å². The summed E-state index contributed by atoms with van der Waals surface area (Å²) in [5.41, 5.74) is 2.26. The minimum absolute atomic E-state index is 0.421. The van der Waals surface area contributed by atoms with Gasteiger partial charge in [0.25, 0.3) is 0 Å². The van der Waals surface area contributed by atoms with Gasteiger partial charge in [-0.3, -0.25) is 4.98 Å². The van der Waals surface area contributed by atoms with Crippen LogP contribution in [0.3, 0.4) is 0 Å². The van der Waals surface area contributed by atoms with Gasteiger partial charge in [0.05, 0.1) is 12.8 Å². The number of hydrogen-bond donors (Lipinski definition) is 0. The molecule has 0 spiro atoms. The van der Waals surface area contributed by atoms with Crippen LogP contribution < -0.4 is 0 Å². The van der Waals surface area contributed by atoms with E-state index in [0.29, 0.717) is 16.3 Å². The second-order valence-electron chi connectivity index (χ2n) is 3.80. The molecule has 1 aromatic heterocycles. The lowest BCUT2D eigenvalue weighted by molar-refractivity contribution is -0.134. The molecule has 1 aromatic carbocycles. The van der Waals surface area contributed by atoms with Gasteiger partial charge in [0.1, 0.15) is 0 Å². The average Bonchev–Trinajstić information content (AvgIpc) is 2.46. The minimum atomic E-state index is -0.421. The van der Waals surface area contributed by atoms with Gasteiger partial charge < -0.3 is 4.74 Å². The van der Waals surface area contributed by atoms with E-state index in [4.69, 9.17) is 11.6 Å². The zero-order valence-corrected chi connectivity index (χ0v) is 11.1. The Labute approximate surface area is 116 Å². The van der Waals surface area contributed by atoms with Crippen LogP contribution in [0.2, 0.25) is 5.02 Å². The first-order valence-corrected chi connectivity index (χ1v) is 6.05. The van der Waals surface area contributed by atoms with Crippen molar-refractivity contribution in [3.63, 3.8) is 0 Å². The summed E-state index contributed by atoms with van der Waals surface area (Å²) < 4.78 is 4.68. The number of hydrogen-bond acceptors (Lipinski definition) is 3. The van der Waals surface area contributed by atoms with Crippen molar-refractivity contribution in [2.24, 2.45) is 0 Å². The van der Waals surface area contributed by atoms with Crippen molar-refractivity contribution in [3.8, 4) is 0 Å². The predicted octanol–water partition coefficient (Wildman–Crippen LogP) is 3.34. The predicted molar refractivity (Wildman–Crippen MR) is 74.8 cm³/mol. The average molecular weight is 274 g/mol. The van der Waals surface area contributed by atoms with Crippen molar-refractivity contribution >= 4 is 23.1 Å². The Morgan fingerprint density at radius 2 is 1.95 bits per heavy atom. The molecular weight excluding hydrogens is 262 g/mol. The van der Waals surface area contributed by atoms with Gasteiger partial charge in [0, 0.05) is 22.9 Å². The third-order valence-electron chi connectivity index (χ3n) is 2.56. The van der Waals surface area contributed by atoms with E-state index in [1.165, 1.54) is 13.2 Å². The van der Waals surface area contributed by atoms with Crippen molar-refractivity contribution in [2.45, 2.75) is 0 Å². The van der Waals surface area contributed by atoms with Crippen LogP contribution >= 0.6 is 11.6 Å². The lowest BCUT2D eigenvalue weighted by Gasteiger charge is -2.07. The van der Waals surface area contributed by atoms with Crippen molar-refractivity contribution in [1.29, 1.82) is 0 Å². The molecule has 3 nitrogen and oxygen atoms in total. The number of ether oxygens (including phenoxy) is 1. The van der Waals surface area contributed by atoms with Crippen LogP contribution in [-0.4, -0.2) is 18.1 Å². The summed E-state index contributed by atoms with van der Waals surface area (Å²) in [6.45, 7) is 0. The zero-order valence-electron chi connectivity index (χ0n) is 10.3. The highest BCUT2D eigenvalue weighted by atomic mass is 35.5. The summed E-state index contributed by atoms with van der Waals surface area (Å²) in [5, 5.41) is 0.641. The lowest BCUT2D eigenvalue weighted by Crippen LogP contribution is -1.99. The molecule has 0 N–H and O–H groups in total. The maximum atomic E-state index is 11.5. The quantitative estimate of drug-likeness (QED) is 0.636. The lowest BCUT2D eigenvalue weighted by atomic mass is 10.0. The first-order chi connectivity index (χ1) is 9.20. The second kappa shape index (κ2) is 6.16. The number of pyridine rings is 1. The van der Waals surface area contributed by atoms with E-state index in [-0.39, 0.29) is 0 Å². The molecule has 0 saturated carbocycles. The Morgan fingerprint density at radius 3 is 2.53 bits per heavy atom. The summed E-state index contributed by atoms with van der Waals surface area (Å²) in [4.78, 5) is 15.7. The Balaban J connectivity index is 2.49. The summed E-state index contributed by atoms with van der Waals surface area (Å²) in [5.74, 6) is -0.421. The third-order valence-corrected chi connectivity index (χ3v) is 2.81. The van der Waals surface area contributed by atoms with Crippen molar-refractivity contribution in [1.82, 2.24) is 4.98 Å². The smallest absolute Gasteiger partial charge is 0.331 e. The molecule has 0 bridgehead atoms. The summed E-state index contributed by atoms with van der Waals surface area (Å²) in [6, 6.07) is 12.7. The van der Waals surface area contributed by atoms with E-state index in [2.05, 4.69) is 9.72 Å². The molecule has 2 aromatic rings. The number of rotatable bonds is 3. The van der Waals surface area contributed by atoms with Crippen LogP contribution in [0.15, 0.2) is 54.7 Å². The zero-order chi connectivity index (χ0) is 13.7.